The van der Waals surface area contributed by atoms with Crippen molar-refractivity contribution in [1.82, 2.24) is 9.55 Å². The summed E-state index contributed by atoms with van der Waals surface area (Å²) in [5.74, 6) is 0. The van der Waals surface area contributed by atoms with E-state index in [0.717, 1.165) is 16.6 Å². The lowest BCUT2D eigenvalue weighted by molar-refractivity contribution is 0.830. The van der Waals surface area contributed by atoms with Gasteiger partial charge >= 0.3 is 0 Å². The highest BCUT2D eigenvalue weighted by molar-refractivity contribution is 5.75. The summed E-state index contributed by atoms with van der Waals surface area (Å²) in [5, 5.41) is 9.31. The fourth-order valence-corrected chi connectivity index (χ4v) is 2.18. The lowest BCUT2D eigenvalue weighted by Gasteiger charge is -2.03. The molecule has 0 atom stereocenters. The monoisotopic (exact) mass is 259 g/mol. The molecule has 0 aliphatic carbocycles. The molecule has 20 heavy (non-hydrogen) atoms. The van der Waals surface area contributed by atoms with Crippen LogP contribution in [-0.2, 0) is 6.54 Å². The van der Waals surface area contributed by atoms with Gasteiger partial charge in [0.1, 0.15) is 0 Å². The minimum absolute atomic E-state index is 0.534. The van der Waals surface area contributed by atoms with Crippen molar-refractivity contribution in [2.24, 2.45) is 0 Å². The van der Waals surface area contributed by atoms with Crippen LogP contribution in [0.5, 0.6) is 0 Å². The zero-order valence-electron chi connectivity index (χ0n) is 10.9. The van der Waals surface area contributed by atoms with Crippen LogP contribution in [0, 0.1) is 11.3 Å². The minimum atomic E-state index is 0.534. The van der Waals surface area contributed by atoms with Crippen molar-refractivity contribution < 1.29 is 0 Å². The first-order valence-corrected chi connectivity index (χ1v) is 6.42. The maximum Gasteiger partial charge on any atom is 0.0966 e. The van der Waals surface area contributed by atoms with Crippen LogP contribution in [0.2, 0.25) is 0 Å². The molecule has 0 bridgehead atoms. The van der Waals surface area contributed by atoms with E-state index in [1.54, 1.807) is 6.33 Å². The summed E-state index contributed by atoms with van der Waals surface area (Å²) in [6.07, 6.45) is 3.69. The van der Waals surface area contributed by atoms with Crippen LogP contribution in [0.3, 0.4) is 0 Å². The van der Waals surface area contributed by atoms with Gasteiger partial charge in [-0.25, -0.2) is 4.98 Å². The molecule has 3 rings (SSSR count). The van der Waals surface area contributed by atoms with Crippen molar-refractivity contribution in [2.75, 3.05) is 0 Å². The van der Waals surface area contributed by atoms with Gasteiger partial charge in [-0.05, 0) is 23.8 Å². The van der Waals surface area contributed by atoms with E-state index in [1.807, 2.05) is 65.2 Å². The summed E-state index contributed by atoms with van der Waals surface area (Å²) in [7, 11) is 0. The predicted octanol–water partition coefficient (Wildman–Crippen LogP) is 3.64. The second-order valence-electron chi connectivity index (χ2n) is 4.55. The van der Waals surface area contributed by atoms with Crippen molar-refractivity contribution in [3.05, 3.63) is 72.1 Å². The molecule has 0 unspecified atom stereocenters. The van der Waals surface area contributed by atoms with E-state index in [9.17, 15) is 5.26 Å². The Labute approximate surface area is 117 Å². The maximum absolute atomic E-state index is 9.31. The van der Waals surface area contributed by atoms with Gasteiger partial charge in [0.15, 0.2) is 0 Å². The molecule has 3 aromatic rings. The third-order valence-electron chi connectivity index (χ3n) is 3.15. The number of imidazole rings is 1. The van der Waals surface area contributed by atoms with E-state index >= 15 is 0 Å². The van der Waals surface area contributed by atoms with Crippen molar-refractivity contribution in [3.63, 3.8) is 0 Å². The van der Waals surface area contributed by atoms with E-state index in [4.69, 9.17) is 0 Å². The number of hydrogen-bond acceptors (Lipinski definition) is 2. The summed E-state index contributed by atoms with van der Waals surface area (Å²) in [4.78, 5) is 4.34. The molecular weight excluding hydrogens is 246 g/mol. The molecule has 0 N–H and O–H groups in total. The van der Waals surface area contributed by atoms with Gasteiger partial charge < -0.3 is 4.57 Å². The van der Waals surface area contributed by atoms with Crippen molar-refractivity contribution in [1.29, 1.82) is 5.26 Å². The second kappa shape index (κ2) is 5.41. The average Bonchev–Trinajstić information content (AvgIpc) is 2.91. The Morgan fingerprint density at radius 2 is 1.85 bits per heavy atom. The number of nitrogens with zero attached hydrogens (tertiary/aromatic N) is 3. The number of benzene rings is 2. The highest BCUT2D eigenvalue weighted by Gasteiger charge is 2.04. The summed E-state index contributed by atoms with van der Waals surface area (Å²) < 4.78 is 1.99. The number of allylic oxidation sites excluding steroid dienone is 1. The standard InChI is InChI=1S/C17H13N3/c18-11-15(10-14-6-2-1-3-7-14)12-20-13-19-16-8-4-5-9-17(16)20/h1-10,13H,12H2/b15-10-. The average molecular weight is 259 g/mol. The number of rotatable bonds is 3. The highest BCUT2D eigenvalue weighted by Crippen LogP contribution is 2.15. The molecule has 0 aliphatic heterocycles. The first kappa shape index (κ1) is 12.2. The molecule has 0 radical (unpaired) electrons. The van der Waals surface area contributed by atoms with Crippen LogP contribution in [0.25, 0.3) is 17.1 Å². The fraction of sp³-hybridized carbons (Fsp3) is 0.0588. The Hall–Kier alpha value is -2.86. The lowest BCUT2D eigenvalue weighted by Crippen LogP contribution is -1.98. The second-order valence-corrected chi connectivity index (χ2v) is 4.55. The van der Waals surface area contributed by atoms with Crippen LogP contribution in [0.4, 0.5) is 0 Å². The summed E-state index contributed by atoms with van der Waals surface area (Å²) in [5.41, 5.74) is 3.74. The SMILES string of the molecule is N#C/C(=C/c1ccccc1)Cn1cnc2ccccc21. The first-order valence-electron chi connectivity index (χ1n) is 6.42. The van der Waals surface area contributed by atoms with E-state index in [-0.39, 0.29) is 0 Å². The highest BCUT2D eigenvalue weighted by atomic mass is 15.0. The van der Waals surface area contributed by atoms with Gasteiger partial charge in [-0.2, -0.15) is 5.26 Å². The topological polar surface area (TPSA) is 41.6 Å². The van der Waals surface area contributed by atoms with Gasteiger partial charge in [0, 0.05) is 5.57 Å². The molecule has 0 saturated carbocycles. The molecule has 1 heterocycles. The maximum atomic E-state index is 9.31. The zero-order valence-corrected chi connectivity index (χ0v) is 10.9. The third kappa shape index (κ3) is 2.45. The van der Waals surface area contributed by atoms with Crippen molar-refractivity contribution in [3.8, 4) is 6.07 Å². The Morgan fingerprint density at radius 1 is 1.10 bits per heavy atom. The smallest absolute Gasteiger partial charge is 0.0966 e. The van der Waals surface area contributed by atoms with Gasteiger partial charge in [-0.1, -0.05) is 42.5 Å². The number of hydrogen-bond donors (Lipinski definition) is 0. The molecule has 3 nitrogen and oxygen atoms in total. The number of para-hydroxylation sites is 2. The van der Waals surface area contributed by atoms with Gasteiger partial charge in [0.05, 0.1) is 30.0 Å². The molecular formula is C17H13N3. The fourth-order valence-electron chi connectivity index (χ4n) is 2.18. The number of aromatic nitrogens is 2. The lowest BCUT2D eigenvalue weighted by atomic mass is 10.1. The third-order valence-corrected chi connectivity index (χ3v) is 3.15. The van der Waals surface area contributed by atoms with Gasteiger partial charge in [0.25, 0.3) is 0 Å². The summed E-state index contributed by atoms with van der Waals surface area (Å²) in [6, 6.07) is 20.1. The van der Waals surface area contributed by atoms with Gasteiger partial charge in [-0.3, -0.25) is 0 Å². The van der Waals surface area contributed by atoms with E-state index in [0.29, 0.717) is 12.1 Å². The Bertz CT molecular complexity index is 792. The van der Waals surface area contributed by atoms with Crippen LogP contribution >= 0.6 is 0 Å². The molecule has 0 amide bonds. The molecule has 2 aromatic carbocycles. The van der Waals surface area contributed by atoms with Crippen LogP contribution in [0.1, 0.15) is 5.56 Å². The molecule has 0 aliphatic rings. The molecule has 96 valence electrons. The molecule has 0 saturated heterocycles. The number of nitriles is 1. The molecule has 0 spiro atoms. The summed E-state index contributed by atoms with van der Waals surface area (Å²) in [6.45, 7) is 0.534. The first-order chi connectivity index (χ1) is 9.86. The largest absolute Gasteiger partial charge is 0.325 e. The van der Waals surface area contributed by atoms with Gasteiger partial charge in [0.2, 0.25) is 0 Å². The normalized spacial score (nSPS) is 11.4. The molecule has 1 aromatic heterocycles. The Morgan fingerprint density at radius 3 is 2.65 bits per heavy atom. The van der Waals surface area contributed by atoms with Crippen LogP contribution in [0.15, 0.2) is 66.5 Å². The van der Waals surface area contributed by atoms with E-state index in [2.05, 4.69) is 11.1 Å². The van der Waals surface area contributed by atoms with Crippen molar-refractivity contribution >= 4 is 17.1 Å². The summed E-state index contributed by atoms with van der Waals surface area (Å²) >= 11 is 0. The molecule has 0 fully saturated rings. The van der Waals surface area contributed by atoms with Crippen molar-refractivity contribution in [2.45, 2.75) is 6.54 Å². The number of fused-ring (bicyclic) bond motifs is 1. The molecule has 3 heteroatoms. The van der Waals surface area contributed by atoms with E-state index in [1.165, 1.54) is 0 Å². The quantitative estimate of drug-likeness (QED) is 0.674. The van der Waals surface area contributed by atoms with Gasteiger partial charge in [-0.15, -0.1) is 0 Å². The predicted molar refractivity (Wildman–Crippen MR) is 79.8 cm³/mol. The Balaban J connectivity index is 1.93. The Kier molecular flexibility index (Phi) is 3.30. The van der Waals surface area contributed by atoms with Crippen LogP contribution < -0.4 is 0 Å². The zero-order chi connectivity index (χ0) is 13.8. The van der Waals surface area contributed by atoms with Crippen LogP contribution in [-0.4, -0.2) is 9.55 Å². The minimum Gasteiger partial charge on any atom is -0.325 e. The van der Waals surface area contributed by atoms with E-state index < -0.39 is 0 Å².